The van der Waals surface area contributed by atoms with Crippen LogP contribution in [0.3, 0.4) is 0 Å². The number of methoxy groups -OCH3 is 1. The maximum Gasteiger partial charge on any atom is 0.159 e. The molecule has 0 radical (unpaired) electrons. The fraction of sp³-hybridized carbons (Fsp3) is 0.182. The summed E-state index contributed by atoms with van der Waals surface area (Å²) in [5.41, 5.74) is 5.16. The molecule has 0 saturated carbocycles. The molecule has 0 unspecified atom stereocenters. The predicted octanol–water partition coefficient (Wildman–Crippen LogP) is 5.20. The SMILES string of the molecule is COc1ccc(CN2CCc3cccc(-c4ccc(F)c(F)c4)c32)cc1. The first kappa shape index (κ1) is 16.6. The Kier molecular flexibility index (Phi) is 4.33. The number of anilines is 1. The topological polar surface area (TPSA) is 12.5 Å². The molecule has 1 aliphatic rings. The average molecular weight is 351 g/mol. The Hall–Kier alpha value is -2.88. The third-order valence-corrected chi connectivity index (χ3v) is 4.85. The Bertz CT molecular complexity index is 937. The molecule has 26 heavy (non-hydrogen) atoms. The third kappa shape index (κ3) is 3.03. The van der Waals surface area contributed by atoms with Gasteiger partial charge in [0.15, 0.2) is 11.6 Å². The van der Waals surface area contributed by atoms with Gasteiger partial charge < -0.3 is 9.64 Å². The first-order valence-electron chi connectivity index (χ1n) is 8.61. The first-order valence-corrected chi connectivity index (χ1v) is 8.61. The molecule has 0 N–H and O–H groups in total. The summed E-state index contributed by atoms with van der Waals surface area (Å²) in [6.45, 7) is 1.67. The highest BCUT2D eigenvalue weighted by atomic mass is 19.2. The quantitative estimate of drug-likeness (QED) is 0.640. The summed E-state index contributed by atoms with van der Waals surface area (Å²) in [7, 11) is 1.65. The molecule has 0 aliphatic carbocycles. The van der Waals surface area contributed by atoms with E-state index in [4.69, 9.17) is 4.74 Å². The second-order valence-corrected chi connectivity index (χ2v) is 6.46. The van der Waals surface area contributed by atoms with Crippen molar-refractivity contribution in [1.82, 2.24) is 0 Å². The molecule has 0 amide bonds. The minimum absolute atomic E-state index is 0.697. The van der Waals surface area contributed by atoms with E-state index in [1.54, 1.807) is 13.2 Å². The van der Waals surface area contributed by atoms with E-state index in [9.17, 15) is 8.78 Å². The van der Waals surface area contributed by atoms with E-state index in [2.05, 4.69) is 23.1 Å². The zero-order valence-corrected chi connectivity index (χ0v) is 14.5. The lowest BCUT2D eigenvalue weighted by molar-refractivity contribution is 0.414. The van der Waals surface area contributed by atoms with Gasteiger partial charge in [-0.1, -0.05) is 36.4 Å². The average Bonchev–Trinajstić information content (AvgIpc) is 3.08. The van der Waals surface area contributed by atoms with Crippen LogP contribution in [-0.4, -0.2) is 13.7 Å². The maximum atomic E-state index is 13.7. The Morgan fingerprint density at radius 2 is 1.77 bits per heavy atom. The summed E-state index contributed by atoms with van der Waals surface area (Å²) < 4.78 is 32.3. The number of fused-ring (bicyclic) bond motifs is 1. The van der Waals surface area contributed by atoms with Gasteiger partial charge >= 0.3 is 0 Å². The maximum absolute atomic E-state index is 13.7. The molecule has 3 aromatic rings. The Balaban J connectivity index is 1.69. The molecule has 4 rings (SSSR count). The van der Waals surface area contributed by atoms with Gasteiger partial charge in [0.25, 0.3) is 0 Å². The lowest BCUT2D eigenvalue weighted by Crippen LogP contribution is -2.20. The van der Waals surface area contributed by atoms with Crippen molar-refractivity contribution >= 4 is 5.69 Å². The van der Waals surface area contributed by atoms with Crippen LogP contribution in [0.2, 0.25) is 0 Å². The lowest BCUT2D eigenvalue weighted by Gasteiger charge is -2.23. The van der Waals surface area contributed by atoms with Crippen molar-refractivity contribution in [3.63, 3.8) is 0 Å². The van der Waals surface area contributed by atoms with Gasteiger partial charge in [0.1, 0.15) is 5.75 Å². The van der Waals surface area contributed by atoms with Crippen molar-refractivity contribution in [2.75, 3.05) is 18.6 Å². The molecule has 0 aromatic heterocycles. The molecule has 2 nitrogen and oxygen atoms in total. The molecular formula is C22H19F2NO. The predicted molar refractivity (Wildman–Crippen MR) is 99.5 cm³/mol. The molecule has 0 spiro atoms. The van der Waals surface area contributed by atoms with Crippen molar-refractivity contribution in [2.45, 2.75) is 13.0 Å². The van der Waals surface area contributed by atoms with E-state index in [-0.39, 0.29) is 0 Å². The van der Waals surface area contributed by atoms with Gasteiger partial charge in [-0.2, -0.15) is 0 Å². The van der Waals surface area contributed by atoms with Crippen LogP contribution in [-0.2, 0) is 13.0 Å². The second-order valence-electron chi connectivity index (χ2n) is 6.46. The molecule has 4 heteroatoms. The standard InChI is InChI=1S/C22H19F2NO/c1-26-18-8-5-15(6-9-18)14-25-12-11-16-3-2-4-19(22(16)25)17-7-10-20(23)21(24)13-17/h2-10,13H,11-12,14H2,1H3. The number of rotatable bonds is 4. The highest BCUT2D eigenvalue weighted by molar-refractivity contribution is 5.82. The number of para-hydroxylation sites is 1. The third-order valence-electron chi connectivity index (χ3n) is 4.85. The molecule has 0 atom stereocenters. The van der Waals surface area contributed by atoms with Gasteiger partial charge in [0.2, 0.25) is 0 Å². The number of nitrogens with zero attached hydrogens (tertiary/aromatic N) is 1. The molecule has 0 bridgehead atoms. The Morgan fingerprint density at radius 1 is 0.962 bits per heavy atom. The molecule has 1 aliphatic heterocycles. The molecule has 1 heterocycles. The van der Waals surface area contributed by atoms with Crippen LogP contribution in [0.4, 0.5) is 14.5 Å². The largest absolute Gasteiger partial charge is 0.497 e. The minimum atomic E-state index is -0.823. The summed E-state index contributed by atoms with van der Waals surface area (Å²) in [4.78, 5) is 2.30. The van der Waals surface area contributed by atoms with E-state index in [1.807, 2.05) is 24.3 Å². The van der Waals surface area contributed by atoms with Crippen molar-refractivity contribution < 1.29 is 13.5 Å². The van der Waals surface area contributed by atoms with Crippen LogP contribution in [0.15, 0.2) is 60.7 Å². The van der Waals surface area contributed by atoms with E-state index in [1.165, 1.54) is 23.3 Å². The van der Waals surface area contributed by atoms with Gasteiger partial charge in [0.05, 0.1) is 7.11 Å². The van der Waals surface area contributed by atoms with Gasteiger partial charge in [-0.3, -0.25) is 0 Å². The van der Waals surface area contributed by atoms with E-state index < -0.39 is 11.6 Å². The molecule has 3 aromatic carbocycles. The van der Waals surface area contributed by atoms with Crippen LogP contribution < -0.4 is 9.64 Å². The summed E-state index contributed by atoms with van der Waals surface area (Å²) in [6.07, 6.45) is 0.947. The molecule has 132 valence electrons. The van der Waals surface area contributed by atoms with Crippen LogP contribution >= 0.6 is 0 Å². The smallest absolute Gasteiger partial charge is 0.159 e. The molecular weight excluding hydrogens is 332 g/mol. The number of hydrogen-bond acceptors (Lipinski definition) is 2. The summed E-state index contributed by atoms with van der Waals surface area (Å²) in [6, 6.07) is 18.2. The van der Waals surface area contributed by atoms with Crippen molar-refractivity contribution in [3.8, 4) is 16.9 Å². The zero-order valence-electron chi connectivity index (χ0n) is 14.5. The number of ether oxygens (including phenoxy) is 1. The van der Waals surface area contributed by atoms with E-state index in [0.717, 1.165) is 36.5 Å². The van der Waals surface area contributed by atoms with Crippen LogP contribution in [0.5, 0.6) is 5.75 Å². The Morgan fingerprint density at radius 3 is 2.50 bits per heavy atom. The fourth-order valence-electron chi connectivity index (χ4n) is 3.54. The summed E-state index contributed by atoms with van der Waals surface area (Å²) in [5.74, 6) is -0.811. The number of hydrogen-bond donors (Lipinski definition) is 0. The second kappa shape index (κ2) is 6.79. The highest BCUT2D eigenvalue weighted by Crippen LogP contribution is 2.39. The lowest BCUT2D eigenvalue weighted by atomic mass is 10.00. The van der Waals surface area contributed by atoms with Gasteiger partial charge in [-0.05, 0) is 47.4 Å². The van der Waals surface area contributed by atoms with Gasteiger partial charge in [-0.25, -0.2) is 8.78 Å². The molecule has 0 saturated heterocycles. The van der Waals surface area contributed by atoms with Crippen LogP contribution in [0, 0.1) is 11.6 Å². The molecule has 0 fully saturated rings. The van der Waals surface area contributed by atoms with Crippen LogP contribution in [0.1, 0.15) is 11.1 Å². The van der Waals surface area contributed by atoms with E-state index in [0.29, 0.717) is 5.56 Å². The van der Waals surface area contributed by atoms with Crippen molar-refractivity contribution in [1.29, 1.82) is 0 Å². The number of benzene rings is 3. The fourth-order valence-corrected chi connectivity index (χ4v) is 3.54. The van der Waals surface area contributed by atoms with Crippen LogP contribution in [0.25, 0.3) is 11.1 Å². The summed E-state index contributed by atoms with van der Waals surface area (Å²) >= 11 is 0. The van der Waals surface area contributed by atoms with Gasteiger partial charge in [0, 0.05) is 24.3 Å². The zero-order chi connectivity index (χ0) is 18.1. The van der Waals surface area contributed by atoms with Gasteiger partial charge in [-0.15, -0.1) is 0 Å². The number of halogens is 2. The monoisotopic (exact) mass is 351 g/mol. The van der Waals surface area contributed by atoms with E-state index >= 15 is 0 Å². The van der Waals surface area contributed by atoms with Crippen molar-refractivity contribution in [2.24, 2.45) is 0 Å². The van der Waals surface area contributed by atoms with Crippen molar-refractivity contribution in [3.05, 3.63) is 83.4 Å². The Labute approximate surface area is 151 Å². The highest BCUT2D eigenvalue weighted by Gasteiger charge is 2.23. The summed E-state index contributed by atoms with van der Waals surface area (Å²) in [5, 5.41) is 0. The first-order chi connectivity index (χ1) is 12.7. The minimum Gasteiger partial charge on any atom is -0.497 e. The normalized spacial score (nSPS) is 13.0.